The van der Waals surface area contributed by atoms with E-state index in [1.165, 1.54) is 6.08 Å². The molecule has 92 valence electrons. The summed E-state index contributed by atoms with van der Waals surface area (Å²) in [5.74, 6) is 0. The van der Waals surface area contributed by atoms with Gasteiger partial charge in [0.05, 0.1) is 6.61 Å². The van der Waals surface area contributed by atoms with Crippen molar-refractivity contribution < 1.29 is 23.0 Å². The lowest BCUT2D eigenvalue weighted by Gasteiger charge is -2.19. The van der Waals surface area contributed by atoms with Crippen LogP contribution in [0.25, 0.3) is 6.08 Å². The molecule has 1 heterocycles. The van der Waals surface area contributed by atoms with Gasteiger partial charge in [0.15, 0.2) is 0 Å². The Hall–Kier alpha value is -1.33. The highest BCUT2D eigenvalue weighted by Gasteiger charge is 2.69. The van der Waals surface area contributed by atoms with Gasteiger partial charge in [-0.25, -0.2) is 0 Å². The fourth-order valence-corrected chi connectivity index (χ4v) is 1.50. The molecule has 0 saturated carbocycles. The van der Waals surface area contributed by atoms with Crippen LogP contribution in [0.15, 0.2) is 36.4 Å². The van der Waals surface area contributed by atoms with E-state index in [2.05, 4.69) is 4.74 Å². The van der Waals surface area contributed by atoms with Crippen molar-refractivity contribution in [2.45, 2.75) is 17.9 Å². The van der Waals surface area contributed by atoms with Crippen molar-refractivity contribution in [1.29, 1.82) is 0 Å². The van der Waals surface area contributed by atoms with Gasteiger partial charge >= 0.3 is 6.18 Å². The van der Waals surface area contributed by atoms with Gasteiger partial charge in [-0.05, 0) is 5.56 Å². The van der Waals surface area contributed by atoms with E-state index in [0.717, 1.165) is 11.6 Å². The molecule has 0 amide bonds. The standard InChI is InChI=1S/C12H11F3O2/c13-12(14,15)11(8-17-11)10(16)7-6-9-4-2-1-3-5-9/h1-7,10,16H,8H2/b7-6+/t10?,11-/m1/s1. The van der Waals surface area contributed by atoms with Gasteiger partial charge in [0.25, 0.3) is 0 Å². The minimum atomic E-state index is -4.55. The fraction of sp³-hybridized carbons (Fsp3) is 0.333. The quantitative estimate of drug-likeness (QED) is 0.828. The summed E-state index contributed by atoms with van der Waals surface area (Å²) in [5, 5.41) is 9.50. The van der Waals surface area contributed by atoms with Gasteiger partial charge < -0.3 is 9.84 Å². The highest BCUT2D eigenvalue weighted by Crippen LogP contribution is 2.46. The molecule has 2 atom stereocenters. The Morgan fingerprint density at radius 1 is 1.29 bits per heavy atom. The van der Waals surface area contributed by atoms with Crippen LogP contribution in [-0.2, 0) is 4.74 Å². The van der Waals surface area contributed by atoms with Crippen molar-refractivity contribution in [1.82, 2.24) is 0 Å². The van der Waals surface area contributed by atoms with Crippen molar-refractivity contribution in [2.24, 2.45) is 0 Å². The van der Waals surface area contributed by atoms with Crippen LogP contribution in [0.4, 0.5) is 13.2 Å². The lowest BCUT2D eigenvalue weighted by Crippen LogP contribution is -2.42. The molecule has 1 aromatic carbocycles. The first kappa shape index (κ1) is 12.1. The molecule has 1 aliphatic heterocycles. The van der Waals surface area contributed by atoms with Crippen molar-refractivity contribution in [3.63, 3.8) is 0 Å². The molecule has 2 rings (SSSR count). The first-order valence-electron chi connectivity index (χ1n) is 5.08. The summed E-state index contributed by atoms with van der Waals surface area (Å²) in [7, 11) is 0. The summed E-state index contributed by atoms with van der Waals surface area (Å²) >= 11 is 0. The predicted molar refractivity (Wildman–Crippen MR) is 56.2 cm³/mol. The Labute approximate surface area is 96.3 Å². The fourth-order valence-electron chi connectivity index (χ4n) is 1.50. The molecule has 1 fully saturated rings. The molecule has 1 aromatic rings. The van der Waals surface area contributed by atoms with Crippen LogP contribution in [0.3, 0.4) is 0 Å². The van der Waals surface area contributed by atoms with Gasteiger partial charge in [0.2, 0.25) is 5.60 Å². The molecular weight excluding hydrogens is 233 g/mol. The van der Waals surface area contributed by atoms with E-state index in [0.29, 0.717) is 0 Å². The Kier molecular flexibility index (Phi) is 2.97. The first-order chi connectivity index (χ1) is 7.96. The SMILES string of the molecule is OC(/C=C/c1ccccc1)[C@@]1(C(F)(F)F)CO1. The zero-order valence-corrected chi connectivity index (χ0v) is 8.82. The molecule has 0 radical (unpaired) electrons. The summed E-state index contributed by atoms with van der Waals surface area (Å²) < 4.78 is 42.0. The number of aliphatic hydroxyl groups is 1. The van der Waals surface area contributed by atoms with Crippen LogP contribution in [0.2, 0.25) is 0 Å². The second-order valence-corrected chi connectivity index (χ2v) is 3.89. The monoisotopic (exact) mass is 244 g/mol. The minimum Gasteiger partial charge on any atom is -0.386 e. The van der Waals surface area contributed by atoms with Crippen LogP contribution >= 0.6 is 0 Å². The van der Waals surface area contributed by atoms with E-state index in [1.54, 1.807) is 30.3 Å². The second-order valence-electron chi connectivity index (χ2n) is 3.89. The summed E-state index contributed by atoms with van der Waals surface area (Å²) in [4.78, 5) is 0. The normalized spacial score (nSPS) is 26.1. The van der Waals surface area contributed by atoms with Crippen molar-refractivity contribution >= 4 is 6.08 Å². The summed E-state index contributed by atoms with van der Waals surface area (Å²) in [5.41, 5.74) is -1.68. The molecule has 17 heavy (non-hydrogen) atoms. The van der Waals surface area contributed by atoms with E-state index >= 15 is 0 Å². The van der Waals surface area contributed by atoms with Gasteiger partial charge in [-0.3, -0.25) is 0 Å². The Morgan fingerprint density at radius 2 is 1.88 bits per heavy atom. The average Bonchev–Trinajstić information content (AvgIpc) is 3.07. The van der Waals surface area contributed by atoms with E-state index in [4.69, 9.17) is 0 Å². The summed E-state index contributed by atoms with van der Waals surface area (Å²) in [6, 6.07) is 8.79. The summed E-state index contributed by atoms with van der Waals surface area (Å²) in [6.07, 6.45) is -3.67. The van der Waals surface area contributed by atoms with Gasteiger partial charge in [0, 0.05) is 0 Å². The Bertz CT molecular complexity index is 408. The van der Waals surface area contributed by atoms with Crippen LogP contribution < -0.4 is 0 Å². The topological polar surface area (TPSA) is 32.8 Å². The molecule has 0 spiro atoms. The van der Waals surface area contributed by atoms with Gasteiger partial charge in [-0.2, -0.15) is 13.2 Å². The third-order valence-corrected chi connectivity index (χ3v) is 2.68. The van der Waals surface area contributed by atoms with E-state index < -0.39 is 24.5 Å². The number of hydrogen-bond acceptors (Lipinski definition) is 2. The predicted octanol–water partition coefficient (Wildman–Crippen LogP) is 2.39. The zero-order chi connectivity index (χ0) is 12.5. The van der Waals surface area contributed by atoms with Crippen molar-refractivity contribution in [3.05, 3.63) is 42.0 Å². The van der Waals surface area contributed by atoms with E-state index in [-0.39, 0.29) is 0 Å². The number of rotatable bonds is 3. The minimum absolute atomic E-state index is 0.489. The molecule has 5 heteroatoms. The van der Waals surface area contributed by atoms with E-state index in [1.807, 2.05) is 0 Å². The second kappa shape index (κ2) is 4.16. The molecule has 1 N–H and O–H groups in total. The number of aliphatic hydroxyl groups excluding tert-OH is 1. The molecule has 0 bridgehead atoms. The summed E-state index contributed by atoms with van der Waals surface area (Å²) in [6.45, 7) is -0.489. The van der Waals surface area contributed by atoms with Crippen LogP contribution in [0, 0.1) is 0 Å². The first-order valence-corrected chi connectivity index (χ1v) is 5.08. The van der Waals surface area contributed by atoms with Gasteiger partial charge in [0.1, 0.15) is 6.10 Å². The van der Waals surface area contributed by atoms with Crippen molar-refractivity contribution in [2.75, 3.05) is 6.61 Å². The lowest BCUT2D eigenvalue weighted by molar-refractivity contribution is -0.202. The highest BCUT2D eigenvalue weighted by molar-refractivity contribution is 5.49. The smallest absolute Gasteiger partial charge is 0.386 e. The number of hydrogen-bond donors (Lipinski definition) is 1. The molecule has 1 saturated heterocycles. The molecule has 1 aliphatic rings. The third-order valence-electron chi connectivity index (χ3n) is 2.68. The molecule has 1 unspecified atom stereocenters. The molecular formula is C12H11F3O2. The maximum Gasteiger partial charge on any atom is 0.422 e. The van der Waals surface area contributed by atoms with Gasteiger partial charge in [-0.1, -0.05) is 42.5 Å². The lowest BCUT2D eigenvalue weighted by atomic mass is 10.0. The largest absolute Gasteiger partial charge is 0.422 e. The highest BCUT2D eigenvalue weighted by atomic mass is 19.4. The number of benzene rings is 1. The van der Waals surface area contributed by atoms with Crippen LogP contribution in [0.1, 0.15) is 5.56 Å². The number of halogens is 3. The number of epoxide rings is 1. The number of ether oxygens (including phenoxy) is 1. The molecule has 0 aromatic heterocycles. The molecule has 2 nitrogen and oxygen atoms in total. The maximum absolute atomic E-state index is 12.6. The van der Waals surface area contributed by atoms with E-state index in [9.17, 15) is 18.3 Å². The molecule has 0 aliphatic carbocycles. The van der Waals surface area contributed by atoms with Crippen LogP contribution in [0.5, 0.6) is 0 Å². The maximum atomic E-state index is 12.6. The zero-order valence-electron chi connectivity index (χ0n) is 8.82. The average molecular weight is 244 g/mol. The van der Waals surface area contributed by atoms with Gasteiger partial charge in [-0.15, -0.1) is 0 Å². The third kappa shape index (κ3) is 2.35. The number of alkyl halides is 3. The van der Waals surface area contributed by atoms with Crippen LogP contribution in [-0.4, -0.2) is 29.6 Å². The Morgan fingerprint density at radius 3 is 2.35 bits per heavy atom. The van der Waals surface area contributed by atoms with Crippen molar-refractivity contribution in [3.8, 4) is 0 Å². The Balaban J connectivity index is 2.08.